The maximum atomic E-state index is 12.8. The van der Waals surface area contributed by atoms with E-state index >= 15 is 0 Å². The monoisotopic (exact) mass is 452 g/mol. The van der Waals surface area contributed by atoms with Gasteiger partial charge in [0, 0.05) is 17.7 Å². The molecule has 0 aliphatic heterocycles. The number of aromatic nitrogens is 3. The summed E-state index contributed by atoms with van der Waals surface area (Å²) in [7, 11) is 3.22. The summed E-state index contributed by atoms with van der Waals surface area (Å²) in [6.45, 7) is 1.91. The molecule has 1 fully saturated rings. The van der Waals surface area contributed by atoms with Crippen molar-refractivity contribution in [2.75, 3.05) is 14.2 Å². The third-order valence-electron chi connectivity index (χ3n) is 5.64. The van der Waals surface area contributed by atoms with E-state index in [4.69, 9.17) is 9.47 Å². The molecule has 7 nitrogen and oxygen atoms in total. The van der Waals surface area contributed by atoms with Crippen LogP contribution in [0.15, 0.2) is 53.7 Å². The van der Waals surface area contributed by atoms with Crippen LogP contribution < -0.4 is 14.8 Å². The van der Waals surface area contributed by atoms with Crippen LogP contribution >= 0.6 is 11.8 Å². The number of hydrogen-bond donors (Lipinski definition) is 1. The standard InChI is InChI=1S/C24H28N4O3S/c1-16(23(29)25-18-11-7-8-12-18)32-24-27-26-22(17-9-5-4-6-10-17)28(24)19-13-14-20(30-2)21(15-19)31-3/h4-6,9-10,13-16,18H,7-8,11-12H2,1-3H3,(H,25,29)/t16-/m1/s1. The second-order valence-corrected chi connectivity index (χ2v) is 9.10. The topological polar surface area (TPSA) is 78.3 Å². The Bertz CT molecular complexity index is 1060. The SMILES string of the molecule is COc1ccc(-n2c(S[C@H](C)C(=O)NC3CCCC3)nnc2-c2ccccc2)cc1OC. The Hall–Kier alpha value is -3.00. The summed E-state index contributed by atoms with van der Waals surface area (Å²) in [5.41, 5.74) is 1.77. The number of hydrogen-bond acceptors (Lipinski definition) is 6. The zero-order valence-corrected chi connectivity index (χ0v) is 19.4. The highest BCUT2D eigenvalue weighted by molar-refractivity contribution is 8.00. The first-order valence-corrected chi connectivity index (χ1v) is 11.7. The van der Waals surface area contributed by atoms with Crippen LogP contribution in [-0.2, 0) is 4.79 Å². The third-order valence-corrected chi connectivity index (χ3v) is 6.69. The van der Waals surface area contributed by atoms with E-state index in [1.54, 1.807) is 14.2 Å². The van der Waals surface area contributed by atoms with Gasteiger partial charge in [0.15, 0.2) is 22.5 Å². The van der Waals surface area contributed by atoms with Gasteiger partial charge in [-0.05, 0) is 31.9 Å². The van der Waals surface area contributed by atoms with Crippen molar-refractivity contribution in [3.05, 3.63) is 48.5 Å². The van der Waals surface area contributed by atoms with Crippen molar-refractivity contribution in [2.45, 2.75) is 49.1 Å². The molecule has 1 atom stereocenters. The van der Waals surface area contributed by atoms with Crippen LogP contribution in [0.2, 0.25) is 0 Å². The van der Waals surface area contributed by atoms with E-state index in [1.165, 1.54) is 24.6 Å². The van der Waals surface area contributed by atoms with Gasteiger partial charge in [-0.1, -0.05) is 54.9 Å². The molecule has 4 rings (SSSR count). The zero-order chi connectivity index (χ0) is 22.5. The molecular weight excluding hydrogens is 424 g/mol. The summed E-state index contributed by atoms with van der Waals surface area (Å²) < 4.78 is 12.9. The van der Waals surface area contributed by atoms with E-state index in [0.29, 0.717) is 22.5 Å². The smallest absolute Gasteiger partial charge is 0.233 e. The summed E-state index contributed by atoms with van der Waals surface area (Å²) in [6.07, 6.45) is 4.48. The van der Waals surface area contributed by atoms with Crippen LogP contribution in [0.5, 0.6) is 11.5 Å². The Morgan fingerprint density at radius 2 is 1.78 bits per heavy atom. The summed E-state index contributed by atoms with van der Waals surface area (Å²) in [5.74, 6) is 1.98. The summed E-state index contributed by atoms with van der Waals surface area (Å²) in [4.78, 5) is 12.8. The molecule has 0 spiro atoms. The quantitative estimate of drug-likeness (QED) is 0.508. The van der Waals surface area contributed by atoms with Crippen molar-refractivity contribution < 1.29 is 14.3 Å². The molecule has 0 radical (unpaired) electrons. The van der Waals surface area contributed by atoms with Crippen molar-refractivity contribution in [3.63, 3.8) is 0 Å². The minimum atomic E-state index is -0.303. The average Bonchev–Trinajstić information content (AvgIpc) is 3.49. The molecule has 1 aliphatic rings. The molecule has 1 amide bonds. The summed E-state index contributed by atoms with van der Waals surface area (Å²) >= 11 is 1.40. The van der Waals surface area contributed by atoms with Crippen LogP contribution in [-0.4, -0.2) is 46.2 Å². The normalized spacial score (nSPS) is 14.8. The summed E-state index contributed by atoms with van der Waals surface area (Å²) in [5, 5.41) is 12.4. The Morgan fingerprint density at radius 1 is 1.06 bits per heavy atom. The van der Waals surface area contributed by atoms with Crippen LogP contribution in [0.4, 0.5) is 0 Å². The first-order valence-electron chi connectivity index (χ1n) is 10.8. The van der Waals surface area contributed by atoms with Crippen molar-refractivity contribution in [1.29, 1.82) is 0 Å². The van der Waals surface area contributed by atoms with Crippen LogP contribution in [0.3, 0.4) is 0 Å². The Morgan fingerprint density at radius 3 is 2.47 bits per heavy atom. The van der Waals surface area contributed by atoms with E-state index in [2.05, 4.69) is 15.5 Å². The van der Waals surface area contributed by atoms with Gasteiger partial charge in [-0.15, -0.1) is 10.2 Å². The molecule has 0 unspecified atom stereocenters. The number of thioether (sulfide) groups is 1. The molecule has 1 saturated carbocycles. The fourth-order valence-electron chi connectivity index (χ4n) is 3.92. The van der Waals surface area contributed by atoms with Crippen LogP contribution in [0.25, 0.3) is 17.1 Å². The maximum absolute atomic E-state index is 12.8. The molecule has 32 heavy (non-hydrogen) atoms. The molecule has 0 saturated heterocycles. The number of nitrogens with zero attached hydrogens (tertiary/aromatic N) is 3. The molecule has 8 heteroatoms. The molecule has 3 aromatic rings. The van der Waals surface area contributed by atoms with E-state index in [9.17, 15) is 4.79 Å². The van der Waals surface area contributed by atoms with Crippen molar-refractivity contribution in [3.8, 4) is 28.6 Å². The Labute approximate surface area is 192 Å². The van der Waals surface area contributed by atoms with Gasteiger partial charge >= 0.3 is 0 Å². The van der Waals surface area contributed by atoms with Crippen molar-refractivity contribution >= 4 is 17.7 Å². The number of benzene rings is 2. The van der Waals surface area contributed by atoms with Gasteiger partial charge in [0.2, 0.25) is 5.91 Å². The highest BCUT2D eigenvalue weighted by Crippen LogP contribution is 2.34. The van der Waals surface area contributed by atoms with Crippen LogP contribution in [0.1, 0.15) is 32.6 Å². The van der Waals surface area contributed by atoms with Gasteiger partial charge < -0.3 is 14.8 Å². The molecule has 0 bridgehead atoms. The van der Waals surface area contributed by atoms with Gasteiger partial charge in [-0.3, -0.25) is 9.36 Å². The molecule has 168 valence electrons. The number of amides is 1. The molecule has 1 aromatic heterocycles. The minimum absolute atomic E-state index is 0.0324. The Kier molecular flexibility index (Phi) is 6.99. The first-order chi connectivity index (χ1) is 15.6. The fourth-order valence-corrected chi connectivity index (χ4v) is 4.79. The first kappa shape index (κ1) is 22.2. The number of nitrogens with one attached hydrogen (secondary N) is 1. The fraction of sp³-hybridized carbons (Fsp3) is 0.375. The zero-order valence-electron chi connectivity index (χ0n) is 18.6. The summed E-state index contributed by atoms with van der Waals surface area (Å²) in [6, 6.07) is 15.8. The molecular formula is C24H28N4O3S. The predicted molar refractivity (Wildman–Crippen MR) is 126 cm³/mol. The molecule has 1 heterocycles. The van der Waals surface area contributed by atoms with E-state index in [0.717, 1.165) is 24.1 Å². The van der Waals surface area contributed by atoms with Gasteiger partial charge in [-0.2, -0.15) is 0 Å². The van der Waals surface area contributed by atoms with Gasteiger partial charge in [0.1, 0.15) is 0 Å². The van der Waals surface area contributed by atoms with Gasteiger partial charge in [-0.25, -0.2) is 0 Å². The number of carbonyl (C=O) groups excluding carboxylic acids is 1. The maximum Gasteiger partial charge on any atom is 0.233 e. The second kappa shape index (κ2) is 10.1. The highest BCUT2D eigenvalue weighted by atomic mass is 32.2. The van der Waals surface area contributed by atoms with Gasteiger partial charge in [0.05, 0.1) is 25.2 Å². The van der Waals surface area contributed by atoms with Crippen molar-refractivity contribution in [1.82, 2.24) is 20.1 Å². The second-order valence-electron chi connectivity index (χ2n) is 7.80. The Balaban J connectivity index is 1.68. The lowest BCUT2D eigenvalue weighted by Crippen LogP contribution is -2.37. The number of ether oxygens (including phenoxy) is 2. The van der Waals surface area contributed by atoms with Crippen molar-refractivity contribution in [2.24, 2.45) is 0 Å². The van der Waals surface area contributed by atoms with Gasteiger partial charge in [0.25, 0.3) is 0 Å². The highest BCUT2D eigenvalue weighted by Gasteiger charge is 2.25. The number of carbonyl (C=O) groups is 1. The van der Waals surface area contributed by atoms with Crippen LogP contribution in [0, 0.1) is 0 Å². The average molecular weight is 453 g/mol. The third kappa shape index (κ3) is 4.75. The van der Waals surface area contributed by atoms with E-state index < -0.39 is 0 Å². The minimum Gasteiger partial charge on any atom is -0.493 e. The molecule has 1 aliphatic carbocycles. The lowest BCUT2D eigenvalue weighted by molar-refractivity contribution is -0.120. The molecule has 2 aromatic carbocycles. The number of rotatable bonds is 8. The number of methoxy groups -OCH3 is 2. The van der Waals surface area contributed by atoms with E-state index in [-0.39, 0.29) is 17.2 Å². The largest absolute Gasteiger partial charge is 0.493 e. The lowest BCUT2D eigenvalue weighted by atomic mass is 10.2. The lowest BCUT2D eigenvalue weighted by Gasteiger charge is -2.17. The van der Waals surface area contributed by atoms with E-state index in [1.807, 2.05) is 60.0 Å². The predicted octanol–water partition coefficient (Wildman–Crippen LogP) is 4.49. The molecule has 1 N–H and O–H groups in total.